The monoisotopic (exact) mass is 401 g/mol. The first kappa shape index (κ1) is 22.4. The van der Waals surface area contributed by atoms with Crippen molar-refractivity contribution in [2.75, 3.05) is 0 Å². The highest BCUT2D eigenvalue weighted by atomic mass is 16.5. The van der Waals surface area contributed by atoms with E-state index in [1.54, 1.807) is 6.92 Å². The maximum Gasteiger partial charge on any atom is 0.188 e. The van der Waals surface area contributed by atoms with Crippen LogP contribution in [-0.4, -0.2) is 9.94 Å². The minimum Gasteiger partial charge on any atom is -0.428 e. The minimum absolute atomic E-state index is 0.0867. The Kier molecular flexibility index (Phi) is 7.87. The van der Waals surface area contributed by atoms with E-state index in [2.05, 4.69) is 0 Å². The van der Waals surface area contributed by atoms with Crippen LogP contribution in [0.25, 0.3) is 0 Å². The van der Waals surface area contributed by atoms with Crippen molar-refractivity contribution in [3.05, 3.63) is 32.7 Å². The number of hydrogen-bond donors (Lipinski definition) is 1. The smallest absolute Gasteiger partial charge is 0.188 e. The predicted octanol–water partition coefficient (Wildman–Crippen LogP) is 7.03. The molecule has 1 aromatic heterocycles. The Hall–Kier alpha value is -1.25. The van der Waals surface area contributed by atoms with Crippen molar-refractivity contribution in [3.63, 3.8) is 0 Å². The van der Waals surface area contributed by atoms with Crippen LogP contribution < -0.4 is 5.43 Å². The van der Waals surface area contributed by atoms with Crippen LogP contribution in [0.3, 0.4) is 0 Å². The fraction of sp³-hybridized carbons (Fsp3) is 0.808. The fourth-order valence-corrected chi connectivity index (χ4v) is 5.96. The molecule has 0 radical (unpaired) electrons. The molecule has 3 saturated carbocycles. The first-order chi connectivity index (χ1) is 13.9. The number of unbranched alkanes of at least 4 members (excludes halogenated alkanes) is 7. The predicted molar refractivity (Wildman–Crippen MR) is 121 cm³/mol. The van der Waals surface area contributed by atoms with Gasteiger partial charge in [-0.2, -0.15) is 4.73 Å². The van der Waals surface area contributed by atoms with E-state index in [-0.39, 0.29) is 5.43 Å². The molecule has 0 atom stereocenters. The highest BCUT2D eigenvalue weighted by Crippen LogP contribution is 2.52. The molecule has 1 heterocycles. The van der Waals surface area contributed by atoms with Gasteiger partial charge in [0.25, 0.3) is 0 Å². The second-order valence-corrected chi connectivity index (χ2v) is 10.2. The van der Waals surface area contributed by atoms with Crippen molar-refractivity contribution >= 4 is 0 Å². The quantitative estimate of drug-likeness (QED) is 0.319. The summed E-state index contributed by atoms with van der Waals surface area (Å²) in [7, 11) is 0. The highest BCUT2D eigenvalue weighted by molar-refractivity contribution is 5.29. The summed E-state index contributed by atoms with van der Waals surface area (Å²) < 4.78 is 1.24. The van der Waals surface area contributed by atoms with E-state index in [1.807, 2.05) is 13.8 Å². The molecule has 3 fully saturated rings. The Balaban J connectivity index is 1.24. The first-order valence-electron chi connectivity index (χ1n) is 12.3. The van der Waals surface area contributed by atoms with Gasteiger partial charge >= 0.3 is 0 Å². The number of rotatable bonds is 11. The van der Waals surface area contributed by atoms with Crippen LogP contribution in [-0.2, 0) is 6.42 Å². The largest absolute Gasteiger partial charge is 0.428 e. The minimum atomic E-state index is 0.0867. The number of fused-ring (bicyclic) bond motifs is 3. The summed E-state index contributed by atoms with van der Waals surface area (Å²) in [5.74, 6) is 1.08. The molecule has 3 aliphatic carbocycles. The molecule has 3 aliphatic rings. The van der Waals surface area contributed by atoms with Gasteiger partial charge in [-0.15, -0.1) is 0 Å². The van der Waals surface area contributed by atoms with Gasteiger partial charge < -0.3 is 5.21 Å². The van der Waals surface area contributed by atoms with Gasteiger partial charge in [0.05, 0.1) is 11.4 Å². The Morgan fingerprint density at radius 1 is 0.828 bits per heavy atom. The SMILES string of the molecule is Cc1c(C)n(O)c(CCCCCCCCCCC23CCC(CC2)CC3)c(C)c1=O. The molecule has 4 rings (SSSR count). The van der Waals surface area contributed by atoms with Crippen LogP contribution in [0.5, 0.6) is 0 Å². The van der Waals surface area contributed by atoms with Crippen molar-refractivity contribution < 1.29 is 5.21 Å². The third kappa shape index (κ3) is 5.47. The molecular weight excluding hydrogens is 358 g/mol. The summed E-state index contributed by atoms with van der Waals surface area (Å²) in [4.78, 5) is 12.2. The molecule has 0 aliphatic heterocycles. The summed E-state index contributed by atoms with van der Waals surface area (Å²) >= 11 is 0. The maximum atomic E-state index is 12.2. The van der Waals surface area contributed by atoms with Crippen molar-refractivity contribution in [2.24, 2.45) is 11.3 Å². The number of hydrogen-bond acceptors (Lipinski definition) is 2. The zero-order chi connectivity index (χ0) is 20.9. The zero-order valence-electron chi connectivity index (χ0n) is 19.2. The summed E-state index contributed by atoms with van der Waals surface area (Å²) in [6.45, 7) is 5.45. The second kappa shape index (κ2) is 10.2. The Morgan fingerprint density at radius 2 is 1.34 bits per heavy atom. The van der Waals surface area contributed by atoms with Crippen LogP contribution >= 0.6 is 0 Å². The van der Waals surface area contributed by atoms with Crippen molar-refractivity contribution in [2.45, 2.75) is 124 Å². The maximum absolute atomic E-state index is 12.2. The summed E-state index contributed by atoms with van der Waals surface area (Å²) in [6, 6.07) is 0. The van der Waals surface area contributed by atoms with Gasteiger partial charge in [-0.25, -0.2) is 0 Å². The normalized spacial score (nSPS) is 23.6. The van der Waals surface area contributed by atoms with Gasteiger partial charge in [-0.05, 0) is 89.9 Å². The topological polar surface area (TPSA) is 42.2 Å². The molecule has 1 aromatic rings. The number of pyridine rings is 1. The molecule has 0 saturated heterocycles. The average Bonchev–Trinajstić information content (AvgIpc) is 2.75. The lowest BCUT2D eigenvalue weighted by Crippen LogP contribution is -2.33. The van der Waals surface area contributed by atoms with E-state index in [9.17, 15) is 10.0 Å². The van der Waals surface area contributed by atoms with Crippen LogP contribution in [0.4, 0.5) is 0 Å². The van der Waals surface area contributed by atoms with Gasteiger partial charge in [-0.3, -0.25) is 4.79 Å². The lowest BCUT2D eigenvalue weighted by molar-refractivity contribution is 0.0540. The number of nitrogens with zero attached hydrogens (tertiary/aromatic N) is 1. The Labute approximate surface area is 177 Å². The third-order valence-electron chi connectivity index (χ3n) is 8.35. The van der Waals surface area contributed by atoms with Crippen molar-refractivity contribution in [3.8, 4) is 0 Å². The van der Waals surface area contributed by atoms with E-state index < -0.39 is 0 Å². The molecule has 0 spiro atoms. The molecule has 3 nitrogen and oxygen atoms in total. The Bertz CT molecular complexity index is 711. The molecule has 2 bridgehead atoms. The van der Waals surface area contributed by atoms with Gasteiger partial charge in [-0.1, -0.05) is 44.9 Å². The summed E-state index contributed by atoms with van der Waals surface area (Å²) in [5.41, 5.74) is 3.69. The Morgan fingerprint density at radius 3 is 1.93 bits per heavy atom. The fourth-order valence-electron chi connectivity index (χ4n) is 5.96. The van der Waals surface area contributed by atoms with E-state index in [4.69, 9.17) is 0 Å². The van der Waals surface area contributed by atoms with Crippen LogP contribution in [0.1, 0.15) is 119 Å². The van der Waals surface area contributed by atoms with E-state index in [0.717, 1.165) is 29.9 Å². The van der Waals surface area contributed by atoms with Crippen LogP contribution in [0.2, 0.25) is 0 Å². The lowest BCUT2D eigenvalue weighted by atomic mass is 9.59. The molecule has 0 aromatic carbocycles. The third-order valence-corrected chi connectivity index (χ3v) is 8.35. The van der Waals surface area contributed by atoms with Crippen molar-refractivity contribution in [1.29, 1.82) is 0 Å². The average molecular weight is 402 g/mol. The van der Waals surface area contributed by atoms with Crippen LogP contribution in [0, 0.1) is 32.1 Å². The second-order valence-electron chi connectivity index (χ2n) is 10.2. The van der Waals surface area contributed by atoms with E-state index in [1.165, 1.54) is 94.6 Å². The lowest BCUT2D eigenvalue weighted by Gasteiger charge is -2.47. The van der Waals surface area contributed by atoms with Crippen molar-refractivity contribution in [1.82, 2.24) is 4.73 Å². The van der Waals surface area contributed by atoms with Gasteiger partial charge in [0, 0.05) is 11.1 Å². The number of aromatic nitrogens is 1. The summed E-state index contributed by atoms with van der Waals surface area (Å²) in [6.07, 6.45) is 21.9. The van der Waals surface area contributed by atoms with Gasteiger partial charge in [0.15, 0.2) is 5.43 Å². The van der Waals surface area contributed by atoms with Gasteiger partial charge in [0.2, 0.25) is 0 Å². The summed E-state index contributed by atoms with van der Waals surface area (Å²) in [5, 5.41) is 10.3. The standard InChI is InChI=1S/C26H43NO2/c1-20-22(3)27(29)24(21(2)25(20)28)12-10-8-6-4-5-7-9-11-16-26-17-13-23(14-18-26)15-19-26/h23,29H,4-19H2,1-3H3. The van der Waals surface area contributed by atoms with Crippen LogP contribution in [0.15, 0.2) is 4.79 Å². The molecular formula is C26H43NO2. The highest BCUT2D eigenvalue weighted by Gasteiger charge is 2.39. The molecule has 29 heavy (non-hydrogen) atoms. The molecule has 0 unspecified atom stereocenters. The molecule has 3 heteroatoms. The molecule has 164 valence electrons. The molecule has 1 N–H and O–H groups in total. The first-order valence-corrected chi connectivity index (χ1v) is 12.3. The van der Waals surface area contributed by atoms with E-state index >= 15 is 0 Å². The molecule has 0 amide bonds. The van der Waals surface area contributed by atoms with E-state index in [0.29, 0.717) is 16.8 Å². The van der Waals surface area contributed by atoms with Gasteiger partial charge in [0.1, 0.15) is 0 Å². The zero-order valence-corrected chi connectivity index (χ0v) is 19.2.